The van der Waals surface area contributed by atoms with Gasteiger partial charge in [-0.15, -0.1) is 0 Å². The summed E-state index contributed by atoms with van der Waals surface area (Å²) in [5, 5.41) is 2.15. The van der Waals surface area contributed by atoms with Crippen LogP contribution in [0, 0.1) is 0 Å². The van der Waals surface area contributed by atoms with Gasteiger partial charge < -0.3 is 0 Å². The highest BCUT2D eigenvalue weighted by molar-refractivity contribution is 7.98. The lowest BCUT2D eigenvalue weighted by molar-refractivity contribution is 1.37. The van der Waals surface area contributed by atoms with Crippen LogP contribution in [0.4, 0.5) is 0 Å². The molecule has 3 nitrogen and oxygen atoms in total. The van der Waals surface area contributed by atoms with Crippen molar-refractivity contribution in [2.24, 2.45) is 9.39 Å². The fourth-order valence-corrected chi connectivity index (χ4v) is 5.61. The van der Waals surface area contributed by atoms with Crippen molar-refractivity contribution in [2.75, 3.05) is 0 Å². The van der Waals surface area contributed by atoms with E-state index in [2.05, 4.69) is 0 Å². The van der Waals surface area contributed by atoms with Crippen LogP contribution in [0.3, 0.4) is 0 Å². The third-order valence-corrected chi connectivity index (χ3v) is 6.72. The van der Waals surface area contributed by atoms with E-state index in [1.807, 2.05) is 60.7 Å². The van der Waals surface area contributed by atoms with E-state index in [4.69, 9.17) is 60.5 Å². The monoisotopic (exact) mass is 574 g/mol. The first-order valence-electron chi connectivity index (χ1n) is 10.2. The molecule has 0 bridgehead atoms. The van der Waals surface area contributed by atoms with E-state index in [-0.39, 0.29) is 0 Å². The van der Waals surface area contributed by atoms with E-state index in [0.717, 1.165) is 20.9 Å². The van der Waals surface area contributed by atoms with E-state index >= 15 is 0 Å². The van der Waals surface area contributed by atoms with Crippen LogP contribution in [0.2, 0.25) is 20.1 Å². The minimum absolute atomic E-state index is 0.499. The molecule has 0 amide bonds. The third kappa shape index (κ3) is 7.94. The minimum atomic E-state index is 0.499. The van der Waals surface area contributed by atoms with Gasteiger partial charge in [0.15, 0.2) is 11.7 Å². The SMILES string of the molecule is Clc1cc(Cl)cc(S[N]C(=N/C(=N/Sc2cc(Cl)cc(Cl)c2)c2ccccc2)c2ccccc2)c1. The summed E-state index contributed by atoms with van der Waals surface area (Å²) in [7, 11) is 0. The maximum absolute atomic E-state index is 6.16. The summed E-state index contributed by atoms with van der Waals surface area (Å²) >= 11 is 27.1. The highest BCUT2D eigenvalue weighted by Crippen LogP contribution is 2.29. The van der Waals surface area contributed by atoms with Crippen LogP contribution >= 0.6 is 70.3 Å². The highest BCUT2D eigenvalue weighted by Gasteiger charge is 2.12. The van der Waals surface area contributed by atoms with E-state index in [1.54, 1.807) is 36.4 Å². The normalized spacial score (nSPS) is 12.0. The van der Waals surface area contributed by atoms with Gasteiger partial charge in [-0.3, -0.25) is 0 Å². The number of aliphatic imine (C=N–C) groups is 1. The largest absolute Gasteiger partial charge is 0.207 e. The number of hydrogen-bond acceptors (Lipinski definition) is 3. The molecule has 0 saturated heterocycles. The molecule has 4 rings (SSSR count). The smallest absolute Gasteiger partial charge is 0.169 e. The molecule has 4 aromatic carbocycles. The second-order valence-electron chi connectivity index (χ2n) is 7.07. The summed E-state index contributed by atoms with van der Waals surface area (Å²) in [6, 6.07) is 30.0. The molecule has 1 radical (unpaired) electrons. The molecule has 0 aliphatic rings. The summed E-state index contributed by atoms with van der Waals surface area (Å²) in [5.74, 6) is 0.998. The first-order valence-corrected chi connectivity index (χ1v) is 13.3. The molecule has 175 valence electrons. The summed E-state index contributed by atoms with van der Waals surface area (Å²) in [4.78, 5) is 6.46. The fourth-order valence-electron chi connectivity index (χ4n) is 2.90. The molecule has 0 fully saturated rings. The average Bonchev–Trinajstić information content (AvgIpc) is 2.83. The molecule has 0 atom stereocenters. The Kier molecular flexibility index (Phi) is 9.44. The van der Waals surface area contributed by atoms with Crippen LogP contribution in [-0.4, -0.2) is 11.7 Å². The van der Waals surface area contributed by atoms with Gasteiger partial charge in [0.25, 0.3) is 0 Å². The lowest BCUT2D eigenvalue weighted by atomic mass is 10.2. The molecular formula is C26H16Cl4N3S2. The molecule has 0 heterocycles. The Morgan fingerprint density at radius 1 is 0.514 bits per heavy atom. The molecule has 4 aromatic rings. The molecule has 0 unspecified atom stereocenters. The zero-order valence-corrected chi connectivity index (χ0v) is 22.6. The van der Waals surface area contributed by atoms with Crippen molar-refractivity contribution in [1.82, 2.24) is 4.72 Å². The average molecular weight is 576 g/mol. The maximum atomic E-state index is 6.16. The second-order valence-corrected chi connectivity index (χ2v) is 10.5. The van der Waals surface area contributed by atoms with Crippen molar-refractivity contribution in [2.45, 2.75) is 9.79 Å². The first-order chi connectivity index (χ1) is 17.0. The maximum Gasteiger partial charge on any atom is 0.169 e. The predicted octanol–water partition coefficient (Wildman–Crippen LogP) is 9.51. The van der Waals surface area contributed by atoms with Gasteiger partial charge in [0.2, 0.25) is 0 Å². The number of rotatable bonds is 6. The minimum Gasteiger partial charge on any atom is -0.207 e. The Morgan fingerprint density at radius 3 is 1.43 bits per heavy atom. The summed E-state index contributed by atoms with van der Waals surface area (Å²) in [5.41, 5.74) is 1.68. The fraction of sp³-hybridized carbons (Fsp3) is 0. The van der Waals surface area contributed by atoms with Gasteiger partial charge in [-0.1, -0.05) is 107 Å². The van der Waals surface area contributed by atoms with Crippen molar-refractivity contribution in [3.05, 3.63) is 128 Å². The van der Waals surface area contributed by atoms with E-state index in [9.17, 15) is 0 Å². The van der Waals surface area contributed by atoms with Crippen LogP contribution < -0.4 is 4.72 Å². The Balaban J connectivity index is 1.71. The van der Waals surface area contributed by atoms with Gasteiger partial charge in [0, 0.05) is 64.9 Å². The summed E-state index contributed by atoms with van der Waals surface area (Å²) in [6.45, 7) is 0. The first kappa shape index (κ1) is 26.0. The highest BCUT2D eigenvalue weighted by atomic mass is 35.5. The predicted molar refractivity (Wildman–Crippen MR) is 153 cm³/mol. The van der Waals surface area contributed by atoms with Gasteiger partial charge in [-0.25, -0.2) is 4.99 Å². The van der Waals surface area contributed by atoms with Crippen molar-refractivity contribution >= 4 is 82.0 Å². The Labute approximate surface area is 232 Å². The molecule has 0 N–H and O–H groups in total. The number of halogens is 4. The zero-order chi connectivity index (χ0) is 24.6. The topological polar surface area (TPSA) is 38.8 Å². The molecular weight excluding hydrogens is 560 g/mol. The number of benzene rings is 4. The summed E-state index contributed by atoms with van der Waals surface area (Å²) in [6.07, 6.45) is 0. The summed E-state index contributed by atoms with van der Waals surface area (Å²) < 4.78 is 9.42. The van der Waals surface area contributed by atoms with Crippen LogP contribution in [0.25, 0.3) is 0 Å². The van der Waals surface area contributed by atoms with E-state index in [0.29, 0.717) is 31.8 Å². The molecule has 0 saturated carbocycles. The van der Waals surface area contributed by atoms with Gasteiger partial charge in [0.1, 0.15) is 0 Å². The molecule has 0 aliphatic heterocycles. The zero-order valence-electron chi connectivity index (χ0n) is 17.9. The van der Waals surface area contributed by atoms with Crippen LogP contribution in [0.1, 0.15) is 11.1 Å². The van der Waals surface area contributed by atoms with Gasteiger partial charge in [-0.05, 0) is 36.4 Å². The number of amidine groups is 2. The molecule has 9 heteroatoms. The van der Waals surface area contributed by atoms with Gasteiger partial charge in [0.05, 0.1) is 0 Å². The van der Waals surface area contributed by atoms with Crippen molar-refractivity contribution < 1.29 is 0 Å². The van der Waals surface area contributed by atoms with Crippen molar-refractivity contribution in [3.63, 3.8) is 0 Å². The van der Waals surface area contributed by atoms with Crippen LogP contribution in [0.15, 0.2) is 116 Å². The number of hydrogen-bond donors (Lipinski definition) is 0. The number of nitrogens with zero attached hydrogens (tertiary/aromatic N) is 3. The molecule has 35 heavy (non-hydrogen) atoms. The lowest BCUT2D eigenvalue weighted by Gasteiger charge is -2.09. The van der Waals surface area contributed by atoms with Gasteiger partial charge in [-0.2, -0.15) is 9.12 Å². The Morgan fingerprint density at radius 2 is 0.943 bits per heavy atom. The third-order valence-electron chi connectivity index (χ3n) is 4.42. The van der Waals surface area contributed by atoms with Gasteiger partial charge >= 0.3 is 0 Å². The second kappa shape index (κ2) is 12.7. The van der Waals surface area contributed by atoms with Crippen LogP contribution in [0.5, 0.6) is 0 Å². The van der Waals surface area contributed by atoms with Crippen molar-refractivity contribution in [1.29, 1.82) is 0 Å². The quantitative estimate of drug-likeness (QED) is 0.130. The molecule has 0 spiro atoms. The Hall–Kier alpha value is -2.12. The van der Waals surface area contributed by atoms with E-state index in [1.165, 1.54) is 23.9 Å². The Bertz CT molecular complexity index is 1320. The lowest BCUT2D eigenvalue weighted by Crippen LogP contribution is -2.14. The standard InChI is InChI=1S/C26H16Cl4N3S2/c27-19-11-20(28)14-23(13-19)34-32-25(17-7-3-1-4-8-17)31-26(18-9-5-2-6-10-18)33-35-24-15-21(29)12-22(30)16-24/h1-16H/b31-25?,33-26+. The van der Waals surface area contributed by atoms with Crippen LogP contribution in [-0.2, 0) is 0 Å². The molecule has 0 aliphatic carbocycles. The van der Waals surface area contributed by atoms with Crippen molar-refractivity contribution in [3.8, 4) is 0 Å². The molecule has 0 aromatic heterocycles. The van der Waals surface area contributed by atoms with E-state index < -0.39 is 0 Å².